The highest BCUT2D eigenvalue weighted by atomic mass is 16.3. The molecule has 3 nitrogen and oxygen atoms in total. The first-order valence-corrected chi connectivity index (χ1v) is 7.02. The number of rotatable bonds is 4. The Kier molecular flexibility index (Phi) is 4.28. The number of hydrogen-bond acceptors (Lipinski definition) is 2. The topological polar surface area (TPSA) is 42.2 Å². The van der Waals surface area contributed by atoms with Gasteiger partial charge in [-0.05, 0) is 36.1 Å². The first-order valence-electron chi connectivity index (χ1n) is 7.02. The van der Waals surface area contributed by atoms with Crippen LogP contribution in [-0.2, 0) is 6.42 Å². The van der Waals surface area contributed by atoms with Crippen molar-refractivity contribution >= 4 is 11.6 Å². The molecule has 1 amide bonds. The number of para-hydroxylation sites is 1. The van der Waals surface area contributed by atoms with Crippen LogP contribution in [0.25, 0.3) is 0 Å². The lowest BCUT2D eigenvalue weighted by Crippen LogP contribution is -2.14. The Bertz CT molecular complexity index is 611. The Labute approximate surface area is 120 Å². The minimum absolute atomic E-state index is 0.194. The molecule has 0 atom stereocenters. The van der Waals surface area contributed by atoms with Gasteiger partial charge in [-0.15, -0.1) is 0 Å². The van der Waals surface area contributed by atoms with E-state index >= 15 is 0 Å². The number of carbonyl (C=O) groups is 1. The zero-order valence-electron chi connectivity index (χ0n) is 12.5. The maximum Gasteiger partial charge on any atom is 0.291 e. The summed E-state index contributed by atoms with van der Waals surface area (Å²) < 4.78 is 5.49. The minimum atomic E-state index is -0.194. The van der Waals surface area contributed by atoms with Crippen molar-refractivity contribution in [2.24, 2.45) is 0 Å². The largest absolute Gasteiger partial charge is 0.456 e. The number of nitrogens with one attached hydrogen (secondary N) is 1. The molecule has 0 saturated heterocycles. The van der Waals surface area contributed by atoms with E-state index in [0.717, 1.165) is 29.0 Å². The summed E-state index contributed by atoms with van der Waals surface area (Å²) in [7, 11) is 0. The normalized spacial score (nSPS) is 10.8. The smallest absolute Gasteiger partial charge is 0.291 e. The van der Waals surface area contributed by atoms with Gasteiger partial charge in [-0.2, -0.15) is 0 Å². The van der Waals surface area contributed by atoms with Gasteiger partial charge >= 0.3 is 0 Å². The van der Waals surface area contributed by atoms with Crippen LogP contribution in [-0.4, -0.2) is 5.91 Å². The molecule has 0 unspecified atom stereocenters. The van der Waals surface area contributed by atoms with Crippen LogP contribution in [0.1, 0.15) is 54.1 Å². The zero-order valence-corrected chi connectivity index (χ0v) is 12.5. The van der Waals surface area contributed by atoms with Crippen LogP contribution in [0.5, 0.6) is 0 Å². The molecule has 2 rings (SSSR count). The van der Waals surface area contributed by atoms with Crippen LogP contribution in [0.15, 0.2) is 34.7 Å². The summed E-state index contributed by atoms with van der Waals surface area (Å²) in [6, 6.07) is 9.63. The Balaban J connectivity index is 2.27. The lowest BCUT2D eigenvalue weighted by molar-refractivity contribution is 0.0995. The fourth-order valence-electron chi connectivity index (χ4n) is 2.21. The third-order valence-electron chi connectivity index (χ3n) is 3.40. The van der Waals surface area contributed by atoms with Crippen molar-refractivity contribution in [2.75, 3.05) is 5.32 Å². The number of carbonyl (C=O) groups excluding carboxylic acids is 1. The Morgan fingerprint density at radius 2 is 2.00 bits per heavy atom. The molecule has 0 spiro atoms. The second-order valence-electron chi connectivity index (χ2n) is 5.27. The summed E-state index contributed by atoms with van der Waals surface area (Å²) in [5, 5.41) is 2.98. The van der Waals surface area contributed by atoms with Crippen molar-refractivity contribution in [2.45, 2.75) is 40.0 Å². The summed E-state index contributed by atoms with van der Waals surface area (Å²) in [5.74, 6) is 1.35. The SMILES string of the molecule is CCc1ccc(C(=O)Nc2c(C)cccc2C(C)C)o1. The second-order valence-corrected chi connectivity index (χ2v) is 5.27. The molecule has 0 aliphatic rings. The Hall–Kier alpha value is -2.03. The predicted octanol–water partition coefficient (Wildman–Crippen LogP) is 4.53. The van der Waals surface area contributed by atoms with Crippen LogP contribution < -0.4 is 5.32 Å². The molecule has 0 fully saturated rings. The molecule has 0 aliphatic heterocycles. The van der Waals surface area contributed by atoms with Crippen LogP contribution in [0.2, 0.25) is 0 Å². The van der Waals surface area contributed by atoms with E-state index in [1.165, 1.54) is 0 Å². The molecule has 1 N–H and O–H groups in total. The van der Waals surface area contributed by atoms with Gasteiger partial charge in [-0.25, -0.2) is 0 Å². The van der Waals surface area contributed by atoms with Crippen LogP contribution >= 0.6 is 0 Å². The summed E-state index contributed by atoms with van der Waals surface area (Å²) in [4.78, 5) is 12.3. The van der Waals surface area contributed by atoms with E-state index in [1.54, 1.807) is 6.07 Å². The van der Waals surface area contributed by atoms with E-state index in [9.17, 15) is 4.79 Å². The molecule has 1 aromatic heterocycles. The number of furan rings is 1. The molecule has 2 aromatic rings. The van der Waals surface area contributed by atoms with Gasteiger partial charge in [0.25, 0.3) is 5.91 Å². The number of anilines is 1. The van der Waals surface area contributed by atoms with Gasteiger partial charge in [0.05, 0.1) is 0 Å². The molecular weight excluding hydrogens is 250 g/mol. The molecule has 0 radical (unpaired) electrons. The molecule has 20 heavy (non-hydrogen) atoms. The van der Waals surface area contributed by atoms with Crippen molar-refractivity contribution < 1.29 is 9.21 Å². The predicted molar refractivity (Wildman–Crippen MR) is 81.3 cm³/mol. The van der Waals surface area contributed by atoms with Crippen LogP contribution in [0, 0.1) is 6.92 Å². The zero-order chi connectivity index (χ0) is 14.7. The lowest BCUT2D eigenvalue weighted by Gasteiger charge is -2.15. The Morgan fingerprint density at radius 1 is 1.25 bits per heavy atom. The molecule has 0 bridgehead atoms. The fourth-order valence-corrected chi connectivity index (χ4v) is 2.21. The van der Waals surface area contributed by atoms with Gasteiger partial charge in [0, 0.05) is 12.1 Å². The van der Waals surface area contributed by atoms with Crippen molar-refractivity contribution in [3.63, 3.8) is 0 Å². The van der Waals surface area contributed by atoms with Crippen molar-refractivity contribution in [1.82, 2.24) is 0 Å². The van der Waals surface area contributed by atoms with E-state index in [0.29, 0.717) is 11.7 Å². The highest BCUT2D eigenvalue weighted by Gasteiger charge is 2.15. The Morgan fingerprint density at radius 3 is 2.60 bits per heavy atom. The maximum absolute atomic E-state index is 12.3. The van der Waals surface area contributed by atoms with E-state index in [-0.39, 0.29) is 5.91 Å². The third kappa shape index (κ3) is 2.93. The van der Waals surface area contributed by atoms with Gasteiger partial charge in [0.15, 0.2) is 5.76 Å². The highest BCUT2D eigenvalue weighted by Crippen LogP contribution is 2.28. The average Bonchev–Trinajstić information content (AvgIpc) is 2.89. The molecule has 1 aromatic carbocycles. The number of aryl methyl sites for hydroxylation is 2. The minimum Gasteiger partial charge on any atom is -0.456 e. The number of hydrogen-bond donors (Lipinski definition) is 1. The first-order chi connectivity index (χ1) is 9.52. The highest BCUT2D eigenvalue weighted by molar-refractivity contribution is 6.03. The first kappa shape index (κ1) is 14.4. The van der Waals surface area contributed by atoms with E-state index in [2.05, 4.69) is 19.2 Å². The quantitative estimate of drug-likeness (QED) is 0.888. The van der Waals surface area contributed by atoms with Crippen LogP contribution in [0.4, 0.5) is 5.69 Å². The maximum atomic E-state index is 12.3. The summed E-state index contributed by atoms with van der Waals surface area (Å²) >= 11 is 0. The monoisotopic (exact) mass is 271 g/mol. The van der Waals surface area contributed by atoms with Gasteiger partial charge in [0.1, 0.15) is 5.76 Å². The van der Waals surface area contributed by atoms with Crippen molar-refractivity contribution in [1.29, 1.82) is 0 Å². The molecule has 0 saturated carbocycles. The van der Waals surface area contributed by atoms with E-state index < -0.39 is 0 Å². The number of amides is 1. The summed E-state index contributed by atoms with van der Waals surface area (Å²) in [5.41, 5.74) is 3.09. The van der Waals surface area contributed by atoms with Gasteiger partial charge in [-0.1, -0.05) is 39.0 Å². The van der Waals surface area contributed by atoms with Gasteiger partial charge in [0.2, 0.25) is 0 Å². The molecule has 0 aliphatic carbocycles. The summed E-state index contributed by atoms with van der Waals surface area (Å²) in [6.07, 6.45) is 0.787. The molecule has 106 valence electrons. The average molecular weight is 271 g/mol. The van der Waals surface area contributed by atoms with Gasteiger partial charge in [-0.3, -0.25) is 4.79 Å². The number of benzene rings is 1. The fraction of sp³-hybridized carbons (Fsp3) is 0.353. The molecule has 1 heterocycles. The molecular formula is C17H21NO2. The standard InChI is InChI=1S/C17H21NO2/c1-5-13-9-10-15(20-13)17(19)18-16-12(4)7-6-8-14(16)11(2)3/h6-11H,5H2,1-4H3,(H,18,19). The summed E-state index contributed by atoms with van der Waals surface area (Å²) in [6.45, 7) is 8.23. The van der Waals surface area contributed by atoms with Crippen molar-refractivity contribution in [3.05, 3.63) is 53.0 Å². The van der Waals surface area contributed by atoms with E-state index in [1.807, 2.05) is 38.1 Å². The second kappa shape index (κ2) is 5.95. The molecule has 3 heteroatoms. The van der Waals surface area contributed by atoms with Crippen LogP contribution in [0.3, 0.4) is 0 Å². The van der Waals surface area contributed by atoms with E-state index in [4.69, 9.17) is 4.42 Å². The van der Waals surface area contributed by atoms with Gasteiger partial charge < -0.3 is 9.73 Å². The third-order valence-corrected chi connectivity index (χ3v) is 3.40. The lowest BCUT2D eigenvalue weighted by atomic mass is 9.98. The van der Waals surface area contributed by atoms with Crippen molar-refractivity contribution in [3.8, 4) is 0 Å².